The van der Waals surface area contributed by atoms with E-state index in [9.17, 15) is 4.79 Å². The number of ketones is 1. The minimum absolute atomic E-state index is 0.0155. The zero-order valence-corrected chi connectivity index (χ0v) is 13.6. The first-order valence-corrected chi connectivity index (χ1v) is 7.39. The van der Waals surface area contributed by atoms with Crippen LogP contribution in [0.15, 0.2) is 28.7 Å². The molecule has 1 aromatic carbocycles. The molecule has 0 N–H and O–H groups in total. The van der Waals surface area contributed by atoms with E-state index in [0.717, 1.165) is 21.5 Å². The molecule has 2 aromatic rings. The molecule has 5 heteroatoms. The van der Waals surface area contributed by atoms with Crippen LogP contribution in [0.4, 0.5) is 0 Å². The fourth-order valence-corrected chi connectivity index (χ4v) is 3.05. The number of nitrogens with zero attached hydrogens (tertiary/aromatic N) is 1. The van der Waals surface area contributed by atoms with E-state index in [4.69, 9.17) is 23.2 Å². The second-order valence-electron chi connectivity index (χ2n) is 4.27. The first-order valence-electron chi connectivity index (χ1n) is 5.69. The highest BCUT2D eigenvalue weighted by Crippen LogP contribution is 2.29. The van der Waals surface area contributed by atoms with Gasteiger partial charge in [-0.25, -0.2) is 0 Å². The minimum atomic E-state index is -0.0748. The van der Waals surface area contributed by atoms with Gasteiger partial charge >= 0.3 is 0 Å². The van der Waals surface area contributed by atoms with Crippen molar-refractivity contribution in [2.45, 2.75) is 13.8 Å². The Morgan fingerprint density at radius 1 is 1.32 bits per heavy atom. The third kappa shape index (κ3) is 2.73. The molecule has 100 valence electrons. The highest BCUT2D eigenvalue weighted by atomic mass is 79.9. The summed E-state index contributed by atoms with van der Waals surface area (Å²) in [6.07, 6.45) is 0. The Morgan fingerprint density at radius 2 is 2.00 bits per heavy atom. The number of halogens is 3. The van der Waals surface area contributed by atoms with Crippen LogP contribution in [-0.2, 0) is 0 Å². The fraction of sp³-hybridized carbons (Fsp3) is 0.214. The molecule has 2 rings (SSSR count). The largest absolute Gasteiger partial charge is 0.316 e. The summed E-state index contributed by atoms with van der Waals surface area (Å²) in [5.74, 6) is -0.0903. The van der Waals surface area contributed by atoms with Crippen molar-refractivity contribution in [3.63, 3.8) is 0 Å². The lowest BCUT2D eigenvalue weighted by Gasteiger charge is -2.12. The van der Waals surface area contributed by atoms with Gasteiger partial charge < -0.3 is 4.57 Å². The number of aromatic nitrogens is 1. The van der Waals surface area contributed by atoms with Crippen molar-refractivity contribution in [2.75, 3.05) is 5.88 Å². The SMILES string of the molecule is Cc1cc(C(=O)CCl)c(C)n1-c1ccc(Br)cc1Cl. The first kappa shape index (κ1) is 14.6. The number of Topliss-reactive ketones (excluding diaryl/α,β-unsaturated/α-hetero) is 1. The molecule has 1 heterocycles. The molecule has 0 aliphatic heterocycles. The van der Waals surface area contributed by atoms with Crippen molar-refractivity contribution in [3.8, 4) is 5.69 Å². The van der Waals surface area contributed by atoms with E-state index in [2.05, 4.69) is 15.9 Å². The molecule has 1 aromatic heterocycles. The van der Waals surface area contributed by atoms with Gasteiger partial charge in [-0.05, 0) is 38.1 Å². The van der Waals surface area contributed by atoms with Crippen LogP contribution in [0.3, 0.4) is 0 Å². The molecule has 19 heavy (non-hydrogen) atoms. The summed E-state index contributed by atoms with van der Waals surface area (Å²) in [6, 6.07) is 7.52. The number of hydrogen-bond donors (Lipinski definition) is 0. The van der Waals surface area contributed by atoms with E-state index in [1.807, 2.05) is 42.7 Å². The normalized spacial score (nSPS) is 10.8. The lowest BCUT2D eigenvalue weighted by atomic mass is 10.2. The Kier molecular flexibility index (Phi) is 4.39. The second kappa shape index (κ2) is 5.70. The molecule has 0 radical (unpaired) electrons. The Bertz CT molecular complexity index is 649. The quantitative estimate of drug-likeness (QED) is 0.561. The zero-order valence-electron chi connectivity index (χ0n) is 10.5. The molecule has 0 amide bonds. The number of rotatable bonds is 3. The summed E-state index contributed by atoms with van der Waals surface area (Å²) in [4.78, 5) is 11.8. The van der Waals surface area contributed by atoms with Gasteiger partial charge in [-0.1, -0.05) is 27.5 Å². The molecule has 2 nitrogen and oxygen atoms in total. The first-order chi connectivity index (χ1) is 8.95. The maximum atomic E-state index is 11.8. The van der Waals surface area contributed by atoms with E-state index in [0.29, 0.717) is 10.6 Å². The molecule has 0 atom stereocenters. The average molecular weight is 361 g/mol. The number of carbonyl (C=O) groups is 1. The summed E-state index contributed by atoms with van der Waals surface area (Å²) >= 11 is 15.3. The highest BCUT2D eigenvalue weighted by molar-refractivity contribution is 9.10. The van der Waals surface area contributed by atoms with Crippen LogP contribution in [0.2, 0.25) is 5.02 Å². The molecule has 0 saturated carbocycles. The van der Waals surface area contributed by atoms with Gasteiger partial charge in [-0.15, -0.1) is 11.6 Å². The third-order valence-electron chi connectivity index (χ3n) is 3.00. The molecule has 0 fully saturated rings. The number of benzene rings is 1. The molecule has 0 saturated heterocycles. The summed E-state index contributed by atoms with van der Waals surface area (Å²) < 4.78 is 2.88. The van der Waals surface area contributed by atoms with Crippen LogP contribution in [-0.4, -0.2) is 16.2 Å². The van der Waals surface area contributed by atoms with E-state index in [1.165, 1.54) is 0 Å². The van der Waals surface area contributed by atoms with Gasteiger partial charge in [0, 0.05) is 21.4 Å². The minimum Gasteiger partial charge on any atom is -0.316 e. The average Bonchev–Trinajstić information content (AvgIpc) is 2.65. The van der Waals surface area contributed by atoms with Gasteiger partial charge in [0.05, 0.1) is 16.6 Å². The maximum absolute atomic E-state index is 11.8. The van der Waals surface area contributed by atoms with E-state index in [-0.39, 0.29) is 11.7 Å². The van der Waals surface area contributed by atoms with Gasteiger partial charge in [0.1, 0.15) is 0 Å². The van der Waals surface area contributed by atoms with Crippen molar-refractivity contribution >= 4 is 44.9 Å². The fourth-order valence-electron chi connectivity index (χ4n) is 2.15. The summed E-state index contributed by atoms with van der Waals surface area (Å²) in [6.45, 7) is 3.83. The van der Waals surface area contributed by atoms with Crippen LogP contribution in [0.1, 0.15) is 21.7 Å². The number of aryl methyl sites for hydroxylation is 1. The Labute approximate surface area is 130 Å². The van der Waals surface area contributed by atoms with Crippen LogP contribution in [0, 0.1) is 13.8 Å². The lowest BCUT2D eigenvalue weighted by Crippen LogP contribution is -2.04. The summed E-state index contributed by atoms with van der Waals surface area (Å²) in [7, 11) is 0. The van der Waals surface area contributed by atoms with Gasteiger partial charge in [0.2, 0.25) is 0 Å². The molecule has 0 aliphatic carbocycles. The Hall–Kier alpha value is -0.770. The van der Waals surface area contributed by atoms with Crippen molar-refractivity contribution in [3.05, 3.63) is 50.7 Å². The molecular weight excluding hydrogens is 349 g/mol. The molecule has 0 aliphatic rings. The number of alkyl halides is 1. The monoisotopic (exact) mass is 359 g/mol. The van der Waals surface area contributed by atoms with E-state index >= 15 is 0 Å². The van der Waals surface area contributed by atoms with Crippen LogP contribution in [0.25, 0.3) is 5.69 Å². The Balaban J connectivity index is 2.63. The van der Waals surface area contributed by atoms with Gasteiger partial charge in [-0.2, -0.15) is 0 Å². The summed E-state index contributed by atoms with van der Waals surface area (Å²) in [5.41, 5.74) is 3.31. The topological polar surface area (TPSA) is 22.0 Å². The van der Waals surface area contributed by atoms with Crippen molar-refractivity contribution < 1.29 is 4.79 Å². The number of hydrogen-bond acceptors (Lipinski definition) is 1. The van der Waals surface area contributed by atoms with E-state index in [1.54, 1.807) is 0 Å². The Morgan fingerprint density at radius 3 is 2.58 bits per heavy atom. The van der Waals surface area contributed by atoms with Crippen molar-refractivity contribution in [2.24, 2.45) is 0 Å². The zero-order chi connectivity index (χ0) is 14.2. The second-order valence-corrected chi connectivity index (χ2v) is 5.86. The molecule has 0 spiro atoms. The molecular formula is C14H12BrCl2NO. The smallest absolute Gasteiger partial charge is 0.179 e. The van der Waals surface area contributed by atoms with Crippen LogP contribution in [0.5, 0.6) is 0 Å². The van der Waals surface area contributed by atoms with Gasteiger partial charge in [0.25, 0.3) is 0 Å². The number of carbonyl (C=O) groups excluding carboxylic acids is 1. The van der Waals surface area contributed by atoms with Crippen molar-refractivity contribution in [1.82, 2.24) is 4.57 Å². The molecule has 0 bridgehead atoms. The van der Waals surface area contributed by atoms with Crippen molar-refractivity contribution in [1.29, 1.82) is 0 Å². The highest BCUT2D eigenvalue weighted by Gasteiger charge is 2.17. The van der Waals surface area contributed by atoms with Crippen LogP contribution >= 0.6 is 39.1 Å². The van der Waals surface area contributed by atoms with Gasteiger partial charge in [0.15, 0.2) is 5.78 Å². The summed E-state index contributed by atoms with van der Waals surface area (Å²) in [5, 5.41) is 0.626. The predicted octanol–water partition coefficient (Wildman–Crippen LogP) is 4.93. The van der Waals surface area contributed by atoms with Gasteiger partial charge in [-0.3, -0.25) is 4.79 Å². The lowest BCUT2D eigenvalue weighted by molar-refractivity contribution is 0.102. The standard InChI is InChI=1S/C14H12BrCl2NO/c1-8-5-11(14(19)7-16)9(2)18(8)13-4-3-10(15)6-12(13)17/h3-6H,7H2,1-2H3. The predicted molar refractivity (Wildman–Crippen MR) is 83.0 cm³/mol. The molecule has 0 unspecified atom stereocenters. The maximum Gasteiger partial charge on any atom is 0.179 e. The van der Waals surface area contributed by atoms with E-state index < -0.39 is 0 Å². The van der Waals surface area contributed by atoms with Crippen LogP contribution < -0.4 is 0 Å². The third-order valence-corrected chi connectivity index (χ3v) is 4.04.